The predicted molar refractivity (Wildman–Crippen MR) is 92.4 cm³/mol. The lowest BCUT2D eigenvalue weighted by Crippen LogP contribution is -2.40. The van der Waals surface area contributed by atoms with Crippen LogP contribution in [0.25, 0.3) is 0 Å². The van der Waals surface area contributed by atoms with Crippen LogP contribution < -0.4 is 9.64 Å². The van der Waals surface area contributed by atoms with Gasteiger partial charge in [-0.05, 0) is 36.4 Å². The summed E-state index contributed by atoms with van der Waals surface area (Å²) in [5.74, 6) is -0.170. The molecule has 5 nitrogen and oxygen atoms in total. The maximum absolute atomic E-state index is 12.8. The van der Waals surface area contributed by atoms with E-state index in [-0.39, 0.29) is 31.5 Å². The van der Waals surface area contributed by atoms with E-state index < -0.39 is 5.97 Å². The molecular formula is C18H16FNO4S. The SMILES string of the molecule is O=C(CN1C(=O)CSc2ccccc21)OCCOc1ccc(F)cc1. The molecule has 0 bridgehead atoms. The molecule has 0 N–H and O–H groups in total. The number of hydrogen-bond acceptors (Lipinski definition) is 5. The number of thioether (sulfide) groups is 1. The molecule has 130 valence electrons. The summed E-state index contributed by atoms with van der Waals surface area (Å²) < 4.78 is 23.2. The van der Waals surface area contributed by atoms with Gasteiger partial charge in [0.15, 0.2) is 0 Å². The fourth-order valence-corrected chi connectivity index (χ4v) is 3.28. The Balaban J connectivity index is 1.48. The van der Waals surface area contributed by atoms with Crippen molar-refractivity contribution in [2.24, 2.45) is 0 Å². The lowest BCUT2D eigenvalue weighted by molar-refractivity contribution is -0.143. The van der Waals surface area contributed by atoms with Crippen molar-refractivity contribution in [3.63, 3.8) is 0 Å². The fraction of sp³-hybridized carbons (Fsp3) is 0.222. The van der Waals surface area contributed by atoms with Gasteiger partial charge in [0.25, 0.3) is 0 Å². The summed E-state index contributed by atoms with van der Waals surface area (Å²) >= 11 is 1.46. The summed E-state index contributed by atoms with van der Waals surface area (Å²) in [4.78, 5) is 26.5. The molecule has 0 aromatic heterocycles. The number of fused-ring (bicyclic) bond motifs is 1. The van der Waals surface area contributed by atoms with Gasteiger partial charge in [-0.2, -0.15) is 0 Å². The topological polar surface area (TPSA) is 55.8 Å². The summed E-state index contributed by atoms with van der Waals surface area (Å²) in [6.07, 6.45) is 0. The Kier molecular flexibility index (Phi) is 5.55. The molecule has 0 unspecified atom stereocenters. The van der Waals surface area contributed by atoms with E-state index in [1.54, 1.807) is 0 Å². The van der Waals surface area contributed by atoms with E-state index >= 15 is 0 Å². The molecule has 2 aromatic rings. The van der Waals surface area contributed by atoms with Crippen molar-refractivity contribution in [2.75, 3.05) is 30.4 Å². The Morgan fingerprint density at radius 2 is 1.88 bits per heavy atom. The maximum atomic E-state index is 12.8. The second kappa shape index (κ2) is 8.02. The first kappa shape index (κ1) is 17.3. The van der Waals surface area contributed by atoms with Crippen LogP contribution in [-0.4, -0.2) is 37.4 Å². The highest BCUT2D eigenvalue weighted by atomic mass is 32.2. The molecule has 25 heavy (non-hydrogen) atoms. The molecular weight excluding hydrogens is 345 g/mol. The minimum Gasteiger partial charge on any atom is -0.490 e. The lowest BCUT2D eigenvalue weighted by Gasteiger charge is -2.27. The number of esters is 1. The third-order valence-electron chi connectivity index (χ3n) is 3.52. The number of hydrogen-bond donors (Lipinski definition) is 0. The highest BCUT2D eigenvalue weighted by Crippen LogP contribution is 2.34. The summed E-state index contributed by atoms with van der Waals surface area (Å²) in [6, 6.07) is 13.0. The first-order chi connectivity index (χ1) is 12.1. The van der Waals surface area contributed by atoms with Crippen molar-refractivity contribution in [1.82, 2.24) is 0 Å². The van der Waals surface area contributed by atoms with Crippen LogP contribution in [0.1, 0.15) is 0 Å². The number of halogens is 1. The summed E-state index contributed by atoms with van der Waals surface area (Å²) in [6.45, 7) is 0.0688. The van der Waals surface area contributed by atoms with Crippen LogP contribution in [0, 0.1) is 5.82 Å². The molecule has 1 heterocycles. The molecule has 2 aromatic carbocycles. The molecule has 0 spiro atoms. The van der Waals surface area contributed by atoms with Gasteiger partial charge in [-0.1, -0.05) is 12.1 Å². The molecule has 0 radical (unpaired) electrons. The quantitative estimate of drug-likeness (QED) is 0.585. The van der Waals surface area contributed by atoms with E-state index in [0.29, 0.717) is 11.5 Å². The number of rotatable bonds is 6. The zero-order valence-corrected chi connectivity index (χ0v) is 14.1. The van der Waals surface area contributed by atoms with Crippen molar-refractivity contribution >= 4 is 29.3 Å². The van der Waals surface area contributed by atoms with Crippen LogP contribution in [-0.2, 0) is 14.3 Å². The second-order valence-corrected chi connectivity index (χ2v) is 6.28. The van der Waals surface area contributed by atoms with Gasteiger partial charge in [0.1, 0.15) is 31.3 Å². The minimum absolute atomic E-state index is 0.0502. The van der Waals surface area contributed by atoms with E-state index in [1.165, 1.54) is 40.9 Å². The third-order valence-corrected chi connectivity index (χ3v) is 4.57. The molecule has 0 atom stereocenters. The van der Waals surface area contributed by atoms with Crippen molar-refractivity contribution in [3.8, 4) is 5.75 Å². The largest absolute Gasteiger partial charge is 0.490 e. The zero-order valence-electron chi connectivity index (χ0n) is 13.3. The minimum atomic E-state index is -0.502. The second-order valence-electron chi connectivity index (χ2n) is 5.26. The smallest absolute Gasteiger partial charge is 0.326 e. The average Bonchev–Trinajstić information content (AvgIpc) is 2.63. The van der Waals surface area contributed by atoms with Crippen molar-refractivity contribution < 1.29 is 23.5 Å². The Morgan fingerprint density at radius 3 is 2.68 bits per heavy atom. The van der Waals surface area contributed by atoms with Crippen LogP contribution in [0.3, 0.4) is 0 Å². The van der Waals surface area contributed by atoms with E-state index in [1.807, 2.05) is 24.3 Å². The standard InChI is InChI=1S/C18H16FNO4S/c19-13-5-7-14(8-6-13)23-9-10-24-18(22)11-20-15-3-1-2-4-16(15)25-12-17(20)21/h1-8H,9-12H2. The van der Waals surface area contributed by atoms with Gasteiger partial charge in [0, 0.05) is 4.90 Å². The van der Waals surface area contributed by atoms with Gasteiger partial charge in [0.05, 0.1) is 11.4 Å². The van der Waals surface area contributed by atoms with Gasteiger partial charge < -0.3 is 9.47 Å². The number of carbonyl (C=O) groups is 2. The first-order valence-corrected chi connectivity index (χ1v) is 8.68. The van der Waals surface area contributed by atoms with E-state index in [0.717, 1.165) is 10.6 Å². The fourth-order valence-electron chi connectivity index (χ4n) is 2.35. The van der Waals surface area contributed by atoms with Gasteiger partial charge in [-0.15, -0.1) is 11.8 Å². The van der Waals surface area contributed by atoms with E-state index in [2.05, 4.69) is 0 Å². The molecule has 7 heteroatoms. The van der Waals surface area contributed by atoms with Crippen molar-refractivity contribution in [1.29, 1.82) is 0 Å². The van der Waals surface area contributed by atoms with Crippen LogP contribution in [0.5, 0.6) is 5.75 Å². The Morgan fingerprint density at radius 1 is 1.12 bits per heavy atom. The Labute approximate surface area is 148 Å². The molecule has 0 saturated carbocycles. The lowest BCUT2D eigenvalue weighted by atomic mass is 10.2. The summed E-state index contributed by atoms with van der Waals surface area (Å²) in [7, 11) is 0. The number of nitrogens with zero attached hydrogens (tertiary/aromatic N) is 1. The number of para-hydroxylation sites is 1. The van der Waals surface area contributed by atoms with Gasteiger partial charge >= 0.3 is 5.97 Å². The van der Waals surface area contributed by atoms with E-state index in [4.69, 9.17) is 9.47 Å². The van der Waals surface area contributed by atoms with Gasteiger partial charge in [-0.25, -0.2) is 4.39 Å². The molecule has 1 aliphatic rings. The number of anilines is 1. The molecule has 1 aliphatic heterocycles. The third kappa shape index (κ3) is 4.51. The normalized spacial score (nSPS) is 13.3. The average molecular weight is 361 g/mol. The zero-order chi connectivity index (χ0) is 17.6. The maximum Gasteiger partial charge on any atom is 0.326 e. The summed E-state index contributed by atoms with van der Waals surface area (Å²) in [5, 5.41) is 0. The van der Waals surface area contributed by atoms with Crippen molar-refractivity contribution in [2.45, 2.75) is 4.90 Å². The highest BCUT2D eigenvalue weighted by molar-refractivity contribution is 8.00. The number of benzene rings is 2. The number of amides is 1. The van der Waals surface area contributed by atoms with Crippen LogP contribution >= 0.6 is 11.8 Å². The van der Waals surface area contributed by atoms with Crippen LogP contribution in [0.15, 0.2) is 53.4 Å². The van der Waals surface area contributed by atoms with Crippen molar-refractivity contribution in [3.05, 3.63) is 54.3 Å². The Bertz CT molecular complexity index is 766. The molecule has 0 saturated heterocycles. The number of ether oxygens (including phenoxy) is 2. The number of carbonyl (C=O) groups excluding carboxylic acids is 2. The highest BCUT2D eigenvalue weighted by Gasteiger charge is 2.26. The van der Waals surface area contributed by atoms with E-state index in [9.17, 15) is 14.0 Å². The monoisotopic (exact) mass is 361 g/mol. The Hall–Kier alpha value is -2.54. The first-order valence-electron chi connectivity index (χ1n) is 7.69. The van der Waals surface area contributed by atoms with Gasteiger partial charge in [0.2, 0.25) is 5.91 Å². The van der Waals surface area contributed by atoms with Crippen LogP contribution in [0.4, 0.5) is 10.1 Å². The molecule has 3 rings (SSSR count). The predicted octanol–water partition coefficient (Wildman–Crippen LogP) is 2.89. The molecule has 1 amide bonds. The van der Waals surface area contributed by atoms with Crippen LogP contribution in [0.2, 0.25) is 0 Å². The summed E-state index contributed by atoms with van der Waals surface area (Å²) in [5.41, 5.74) is 0.725. The van der Waals surface area contributed by atoms with Gasteiger partial charge in [-0.3, -0.25) is 14.5 Å². The molecule has 0 fully saturated rings. The molecule has 0 aliphatic carbocycles.